The van der Waals surface area contributed by atoms with E-state index in [2.05, 4.69) is 31.2 Å². The minimum absolute atomic E-state index is 0.116. The lowest BCUT2D eigenvalue weighted by Gasteiger charge is -2.14. The number of amides is 1. The van der Waals surface area contributed by atoms with Crippen molar-refractivity contribution in [2.24, 2.45) is 0 Å². The van der Waals surface area contributed by atoms with Crippen molar-refractivity contribution < 1.29 is 14.7 Å². The van der Waals surface area contributed by atoms with Crippen molar-refractivity contribution in [3.63, 3.8) is 0 Å². The molecule has 110 valence electrons. The van der Waals surface area contributed by atoms with Crippen LogP contribution in [-0.2, 0) is 11.2 Å². The number of rotatable bonds is 5. The number of aliphatic carboxylic acids is 1. The third-order valence-electron chi connectivity index (χ3n) is 2.76. The van der Waals surface area contributed by atoms with Crippen LogP contribution in [0, 0.1) is 0 Å². The maximum Gasteiger partial charge on any atom is 0.326 e. The summed E-state index contributed by atoms with van der Waals surface area (Å²) >= 11 is 9.14. The Bertz CT molecular complexity index is 661. The van der Waals surface area contributed by atoms with Gasteiger partial charge in [0.05, 0.1) is 11.3 Å². The number of nitrogens with zero attached hydrogens (tertiary/aromatic N) is 1. The Morgan fingerprint density at radius 2 is 2.24 bits per heavy atom. The lowest BCUT2D eigenvalue weighted by Crippen LogP contribution is -2.42. The second-order valence-corrected chi connectivity index (χ2v) is 5.54. The van der Waals surface area contributed by atoms with Gasteiger partial charge in [-0.3, -0.25) is 4.79 Å². The van der Waals surface area contributed by atoms with Crippen LogP contribution >= 0.6 is 27.5 Å². The largest absolute Gasteiger partial charge is 0.480 e. The molecule has 0 spiro atoms. The van der Waals surface area contributed by atoms with Gasteiger partial charge >= 0.3 is 5.97 Å². The molecule has 0 aliphatic rings. The molecule has 0 saturated carbocycles. The summed E-state index contributed by atoms with van der Waals surface area (Å²) in [4.78, 5) is 29.9. The minimum Gasteiger partial charge on any atom is -0.480 e. The number of nitrogens with one attached hydrogen (secondary N) is 2. The number of hydrogen-bond acceptors (Lipinski definition) is 3. The van der Waals surface area contributed by atoms with Crippen LogP contribution in [0.1, 0.15) is 16.1 Å². The molecule has 1 aromatic heterocycles. The number of H-pyrrole nitrogens is 1. The summed E-state index contributed by atoms with van der Waals surface area (Å²) in [6.07, 6.45) is 3.08. The molecule has 2 rings (SSSR count). The average Bonchev–Trinajstić information content (AvgIpc) is 2.93. The second-order valence-electron chi connectivity index (χ2n) is 4.27. The van der Waals surface area contributed by atoms with Gasteiger partial charge in [0, 0.05) is 28.3 Å². The van der Waals surface area contributed by atoms with Gasteiger partial charge in [-0.1, -0.05) is 11.6 Å². The number of carboxylic acid groups (broad SMARTS) is 1. The summed E-state index contributed by atoms with van der Waals surface area (Å²) < 4.78 is 0.660. The number of hydrogen-bond donors (Lipinski definition) is 3. The molecule has 1 heterocycles. The molecule has 3 N–H and O–H groups in total. The van der Waals surface area contributed by atoms with Gasteiger partial charge in [-0.05, 0) is 34.1 Å². The molecule has 0 saturated heterocycles. The number of aromatic amines is 1. The van der Waals surface area contributed by atoms with Crippen LogP contribution in [0.25, 0.3) is 0 Å². The summed E-state index contributed by atoms with van der Waals surface area (Å²) in [6, 6.07) is 3.60. The normalized spacial score (nSPS) is 11.9. The van der Waals surface area contributed by atoms with Crippen molar-refractivity contribution in [2.75, 3.05) is 0 Å². The Kier molecular flexibility index (Phi) is 4.98. The van der Waals surface area contributed by atoms with E-state index in [9.17, 15) is 14.7 Å². The van der Waals surface area contributed by atoms with Crippen molar-refractivity contribution in [3.8, 4) is 0 Å². The molecule has 1 amide bonds. The summed E-state index contributed by atoms with van der Waals surface area (Å²) in [5.41, 5.74) is 0.913. The zero-order valence-electron chi connectivity index (χ0n) is 10.6. The highest BCUT2D eigenvalue weighted by atomic mass is 79.9. The fourth-order valence-electron chi connectivity index (χ4n) is 1.70. The fraction of sp³-hybridized carbons (Fsp3) is 0.154. The summed E-state index contributed by atoms with van der Waals surface area (Å²) in [7, 11) is 0. The molecule has 8 heteroatoms. The lowest BCUT2D eigenvalue weighted by molar-refractivity contribution is -0.139. The summed E-state index contributed by atoms with van der Waals surface area (Å²) in [5, 5.41) is 12.0. The number of halogens is 2. The van der Waals surface area contributed by atoms with Crippen molar-refractivity contribution in [1.29, 1.82) is 0 Å². The van der Waals surface area contributed by atoms with Gasteiger partial charge < -0.3 is 15.4 Å². The van der Waals surface area contributed by atoms with Crippen LogP contribution in [-0.4, -0.2) is 33.0 Å². The van der Waals surface area contributed by atoms with E-state index >= 15 is 0 Å². The van der Waals surface area contributed by atoms with Crippen molar-refractivity contribution >= 4 is 39.4 Å². The first kappa shape index (κ1) is 15.5. The van der Waals surface area contributed by atoms with Crippen LogP contribution in [0.15, 0.2) is 35.2 Å². The van der Waals surface area contributed by atoms with E-state index in [0.717, 1.165) is 0 Å². The maximum absolute atomic E-state index is 12.1. The maximum atomic E-state index is 12.1. The van der Waals surface area contributed by atoms with Gasteiger partial charge in [0.15, 0.2) is 0 Å². The highest BCUT2D eigenvalue weighted by Crippen LogP contribution is 2.23. The van der Waals surface area contributed by atoms with Crippen molar-refractivity contribution in [3.05, 3.63) is 51.5 Å². The SMILES string of the molecule is O=C(NC(Cc1cnc[nH]1)C(=O)O)c1ccc(Br)c(Cl)c1. The number of imidazole rings is 1. The molecule has 1 unspecified atom stereocenters. The van der Waals surface area contributed by atoms with Gasteiger partial charge in [-0.15, -0.1) is 0 Å². The van der Waals surface area contributed by atoms with Crippen LogP contribution in [0.3, 0.4) is 0 Å². The van der Waals surface area contributed by atoms with Gasteiger partial charge in [0.25, 0.3) is 5.91 Å². The third-order valence-corrected chi connectivity index (χ3v) is 4.00. The van der Waals surface area contributed by atoms with Gasteiger partial charge in [-0.25, -0.2) is 9.78 Å². The van der Waals surface area contributed by atoms with E-state index in [0.29, 0.717) is 20.8 Å². The molecule has 21 heavy (non-hydrogen) atoms. The number of carbonyl (C=O) groups excluding carboxylic acids is 1. The van der Waals surface area contributed by atoms with Crippen LogP contribution < -0.4 is 5.32 Å². The number of carboxylic acids is 1. The van der Waals surface area contributed by atoms with E-state index in [1.54, 1.807) is 12.1 Å². The molecular formula is C13H11BrClN3O3. The summed E-state index contributed by atoms with van der Waals surface area (Å²) in [5.74, 6) is -1.63. The smallest absolute Gasteiger partial charge is 0.326 e. The molecule has 0 aliphatic carbocycles. The Morgan fingerprint density at radius 1 is 1.48 bits per heavy atom. The Hall–Kier alpha value is -1.86. The molecule has 0 fully saturated rings. The molecule has 1 atom stereocenters. The van der Waals surface area contributed by atoms with Crippen molar-refractivity contribution in [2.45, 2.75) is 12.5 Å². The Labute approximate surface area is 133 Å². The minimum atomic E-state index is -1.12. The second kappa shape index (κ2) is 6.73. The first-order valence-electron chi connectivity index (χ1n) is 5.93. The van der Waals surface area contributed by atoms with Crippen LogP contribution in [0.4, 0.5) is 0 Å². The van der Waals surface area contributed by atoms with E-state index in [4.69, 9.17) is 11.6 Å². The molecule has 0 aliphatic heterocycles. The van der Waals surface area contributed by atoms with E-state index in [1.807, 2.05) is 0 Å². The third kappa shape index (κ3) is 4.05. The summed E-state index contributed by atoms with van der Waals surface area (Å²) in [6.45, 7) is 0. The molecule has 1 aromatic carbocycles. The zero-order chi connectivity index (χ0) is 15.4. The average molecular weight is 373 g/mol. The quantitative estimate of drug-likeness (QED) is 0.750. The van der Waals surface area contributed by atoms with Crippen LogP contribution in [0.5, 0.6) is 0 Å². The highest BCUT2D eigenvalue weighted by Gasteiger charge is 2.22. The Morgan fingerprint density at radius 3 is 2.81 bits per heavy atom. The van der Waals surface area contributed by atoms with E-state index in [-0.39, 0.29) is 6.42 Å². The number of aromatic nitrogens is 2. The molecular weight excluding hydrogens is 362 g/mol. The fourth-order valence-corrected chi connectivity index (χ4v) is 2.12. The van der Waals surface area contributed by atoms with Crippen molar-refractivity contribution in [1.82, 2.24) is 15.3 Å². The molecule has 0 radical (unpaired) electrons. The lowest BCUT2D eigenvalue weighted by atomic mass is 10.1. The number of benzene rings is 1. The highest BCUT2D eigenvalue weighted by molar-refractivity contribution is 9.10. The molecule has 6 nitrogen and oxygen atoms in total. The first-order chi connectivity index (χ1) is 9.97. The van der Waals surface area contributed by atoms with Gasteiger partial charge in [0.2, 0.25) is 0 Å². The predicted octanol–water partition coefficient (Wildman–Crippen LogP) is 2.25. The van der Waals surface area contributed by atoms with Gasteiger partial charge in [0.1, 0.15) is 6.04 Å². The van der Waals surface area contributed by atoms with E-state index < -0.39 is 17.9 Å². The van der Waals surface area contributed by atoms with Crippen LogP contribution in [0.2, 0.25) is 5.02 Å². The monoisotopic (exact) mass is 371 g/mol. The molecule has 0 bridgehead atoms. The Balaban J connectivity index is 2.10. The van der Waals surface area contributed by atoms with E-state index in [1.165, 1.54) is 18.6 Å². The topological polar surface area (TPSA) is 95.1 Å². The first-order valence-corrected chi connectivity index (χ1v) is 7.10. The van der Waals surface area contributed by atoms with Gasteiger partial charge in [-0.2, -0.15) is 0 Å². The standard InChI is InChI=1S/C13H11BrClN3O3/c14-9-2-1-7(3-10(9)15)12(19)18-11(13(20)21)4-8-5-16-6-17-8/h1-3,5-6,11H,4H2,(H,16,17)(H,18,19)(H,20,21). The predicted molar refractivity (Wildman–Crippen MR) is 80.3 cm³/mol. The number of carbonyl (C=O) groups is 2. The zero-order valence-corrected chi connectivity index (χ0v) is 13.0. The molecule has 2 aromatic rings.